The predicted octanol–water partition coefficient (Wildman–Crippen LogP) is 4.79. The van der Waals surface area contributed by atoms with E-state index in [9.17, 15) is 33.2 Å². The van der Waals surface area contributed by atoms with Gasteiger partial charge in [-0.25, -0.2) is 33.4 Å². The molecule has 0 fully saturated rings. The predicted molar refractivity (Wildman–Crippen MR) is 270 cm³/mol. The summed E-state index contributed by atoms with van der Waals surface area (Å²) in [6, 6.07) is 11.3. The SMILES string of the molecule is CC(C)C(=O)CCC(=O)N[C@H](C(=O)N[C@@H](CCCNC(N)=O)C(=O)Nc1ccc(COC(=O)N[C@@](C)(c2ccc(F)cc2)c2cnc(NCCNc3ncnn4cc(-c5cnn(C)c5)cc34)nc2)cc1)C(C)C. The third-order valence-electron chi connectivity index (χ3n) is 11.8. The molecule has 0 aliphatic carbocycles. The minimum absolute atomic E-state index is 0.0368. The van der Waals surface area contributed by atoms with Gasteiger partial charge in [0.1, 0.15) is 42.1 Å². The second-order valence-corrected chi connectivity index (χ2v) is 18.1. The molecule has 22 nitrogen and oxygen atoms in total. The topological polar surface area (TPSA) is 296 Å². The standard InChI is InChI=1S/C50H62FN15O7/c1-30(2)41(67)17-18-42(68)63-43(31(3)4)46(70)62-39(8-7-19-54-47(52)71)45(69)61-38-15-9-32(10-16-38)28-73-49(72)64-50(5,35-11-13-37(51)14-12-35)36-24-56-48(57-25-36)55-21-20-53-44-40-22-33(27-66(40)60-29-58-44)34-23-59-65(6)26-34/h9-16,22-27,29-31,39,43H,7-8,17-21,28H2,1-6H3,(H,61,69)(H,62,70)(H,63,68)(H,64,72)(H3,52,54,71)(H,53,58,60)(H,55,56,57)/t39-,43-,50-/m0/s1. The number of aromatic nitrogens is 7. The third kappa shape index (κ3) is 15.2. The molecule has 0 saturated carbocycles. The van der Waals surface area contributed by atoms with Crippen molar-refractivity contribution in [3.8, 4) is 11.1 Å². The number of primary amides is 1. The van der Waals surface area contributed by atoms with Gasteiger partial charge in [0.25, 0.3) is 0 Å². The Hall–Kier alpha value is -8.50. The summed E-state index contributed by atoms with van der Waals surface area (Å²) in [7, 11) is 1.86. The van der Waals surface area contributed by atoms with Crippen LogP contribution >= 0.6 is 0 Å². The van der Waals surface area contributed by atoms with E-state index in [1.165, 1.54) is 18.5 Å². The van der Waals surface area contributed by atoms with Crippen LogP contribution in [0, 0.1) is 17.7 Å². The molecule has 6 aromatic rings. The summed E-state index contributed by atoms with van der Waals surface area (Å²) in [5, 5.41) is 28.6. The Balaban J connectivity index is 1.04. The summed E-state index contributed by atoms with van der Waals surface area (Å²) in [5.41, 5.74) is 8.60. The molecule has 4 heterocycles. The van der Waals surface area contributed by atoms with E-state index in [4.69, 9.17) is 10.5 Å². The Morgan fingerprint density at radius 1 is 0.795 bits per heavy atom. The molecule has 3 atom stereocenters. The van der Waals surface area contributed by atoms with Crippen LogP contribution < -0.4 is 43.0 Å². The van der Waals surface area contributed by atoms with Crippen molar-refractivity contribution in [1.29, 1.82) is 0 Å². The van der Waals surface area contributed by atoms with E-state index in [2.05, 4.69) is 62.4 Å². The summed E-state index contributed by atoms with van der Waals surface area (Å²) in [6.45, 7) is 9.58. The molecular weight excluding hydrogens is 942 g/mol. The van der Waals surface area contributed by atoms with Gasteiger partial charge in [-0.3, -0.25) is 23.9 Å². The molecule has 73 heavy (non-hydrogen) atoms. The van der Waals surface area contributed by atoms with Crippen LogP contribution in [0.3, 0.4) is 0 Å². The van der Waals surface area contributed by atoms with E-state index < -0.39 is 53.3 Å². The number of nitrogens with one attached hydrogen (secondary N) is 7. The Labute approximate surface area is 421 Å². The van der Waals surface area contributed by atoms with E-state index in [1.54, 1.807) is 98.8 Å². The minimum Gasteiger partial charge on any atom is -0.445 e. The number of carbonyl (C=O) groups excluding carboxylic acids is 6. The van der Waals surface area contributed by atoms with Crippen molar-refractivity contribution in [3.05, 3.63) is 114 Å². The number of ether oxygens (including phenoxy) is 1. The summed E-state index contributed by atoms with van der Waals surface area (Å²) >= 11 is 0. The maximum absolute atomic E-state index is 14.1. The van der Waals surface area contributed by atoms with Gasteiger partial charge >= 0.3 is 12.1 Å². The van der Waals surface area contributed by atoms with E-state index in [0.717, 1.165) is 16.6 Å². The van der Waals surface area contributed by atoms with Crippen molar-refractivity contribution in [2.24, 2.45) is 24.6 Å². The zero-order valence-corrected chi connectivity index (χ0v) is 41.6. The van der Waals surface area contributed by atoms with Crippen molar-refractivity contribution in [2.75, 3.05) is 35.6 Å². The quantitative estimate of drug-likeness (QED) is 0.0358. The number of benzene rings is 2. The minimum atomic E-state index is -1.26. The molecule has 9 N–H and O–H groups in total. The molecule has 0 radical (unpaired) electrons. The summed E-state index contributed by atoms with van der Waals surface area (Å²) in [4.78, 5) is 90.1. The fourth-order valence-electron chi connectivity index (χ4n) is 7.58. The van der Waals surface area contributed by atoms with Gasteiger partial charge in [-0.2, -0.15) is 10.2 Å². The van der Waals surface area contributed by atoms with Crippen molar-refractivity contribution >= 4 is 58.6 Å². The molecule has 0 aliphatic rings. The Kier molecular flexibility index (Phi) is 18.5. The number of anilines is 3. The lowest BCUT2D eigenvalue weighted by Gasteiger charge is -2.31. The van der Waals surface area contributed by atoms with Crippen LogP contribution in [0.2, 0.25) is 0 Å². The number of Topliss-reactive ketones (excluding diaryl/α,β-unsaturated/α-hetero) is 1. The highest BCUT2D eigenvalue weighted by molar-refractivity contribution is 5.98. The fourth-order valence-corrected chi connectivity index (χ4v) is 7.58. The lowest BCUT2D eigenvalue weighted by atomic mass is 9.86. The number of hydrogen-bond donors (Lipinski definition) is 8. The lowest BCUT2D eigenvalue weighted by molar-refractivity contribution is -0.132. The Bertz CT molecular complexity index is 2850. The number of carbonyl (C=O) groups is 6. The smallest absolute Gasteiger partial charge is 0.408 e. The first-order chi connectivity index (χ1) is 34.9. The number of fused-ring (bicyclic) bond motifs is 1. The van der Waals surface area contributed by atoms with Crippen LogP contribution in [0.1, 0.15) is 77.0 Å². The molecule has 2 aromatic carbocycles. The van der Waals surface area contributed by atoms with Gasteiger partial charge in [0.2, 0.25) is 23.7 Å². The van der Waals surface area contributed by atoms with Gasteiger partial charge < -0.3 is 47.7 Å². The average Bonchev–Trinajstić information content (AvgIpc) is 4.01. The maximum Gasteiger partial charge on any atom is 0.408 e. The highest BCUT2D eigenvalue weighted by atomic mass is 19.1. The highest BCUT2D eigenvalue weighted by Gasteiger charge is 2.33. The molecule has 4 aromatic heterocycles. The molecule has 6 amide bonds. The Morgan fingerprint density at radius 3 is 2.16 bits per heavy atom. The van der Waals surface area contributed by atoms with Gasteiger partial charge in [-0.1, -0.05) is 52.0 Å². The number of rotatable bonds is 25. The lowest BCUT2D eigenvalue weighted by Crippen LogP contribution is -2.54. The third-order valence-corrected chi connectivity index (χ3v) is 11.8. The molecule has 0 bridgehead atoms. The van der Waals surface area contributed by atoms with Crippen LogP contribution in [-0.2, 0) is 43.1 Å². The zero-order chi connectivity index (χ0) is 52.7. The summed E-state index contributed by atoms with van der Waals surface area (Å²) in [6.07, 6.45) is 9.76. The van der Waals surface area contributed by atoms with Crippen molar-refractivity contribution in [2.45, 2.75) is 84.5 Å². The van der Waals surface area contributed by atoms with E-state index in [-0.39, 0.29) is 56.5 Å². The summed E-state index contributed by atoms with van der Waals surface area (Å²) in [5.74, 6) is -1.77. The van der Waals surface area contributed by atoms with Crippen LogP contribution in [0.25, 0.3) is 16.6 Å². The number of alkyl carbamates (subject to hydrolysis) is 1. The van der Waals surface area contributed by atoms with Crippen molar-refractivity contribution in [3.63, 3.8) is 0 Å². The van der Waals surface area contributed by atoms with E-state index in [0.29, 0.717) is 47.2 Å². The number of halogens is 1. The molecular formula is C50H62FN15O7. The number of ketones is 1. The van der Waals surface area contributed by atoms with Crippen LogP contribution in [0.5, 0.6) is 0 Å². The first kappa shape index (κ1) is 53.8. The van der Waals surface area contributed by atoms with Gasteiger partial charge in [-0.05, 0) is 67.1 Å². The number of nitrogens with two attached hydrogens (primary N) is 1. The highest BCUT2D eigenvalue weighted by Crippen LogP contribution is 2.30. The van der Waals surface area contributed by atoms with E-state index >= 15 is 0 Å². The van der Waals surface area contributed by atoms with Gasteiger partial charge in [-0.15, -0.1) is 0 Å². The summed E-state index contributed by atoms with van der Waals surface area (Å²) < 4.78 is 23.2. The fraction of sp³-hybridized carbons (Fsp3) is 0.380. The molecule has 386 valence electrons. The largest absolute Gasteiger partial charge is 0.445 e. The number of hydrogen-bond acceptors (Lipinski definition) is 14. The average molecular weight is 1000 g/mol. The normalized spacial score (nSPS) is 12.8. The number of amides is 6. The Morgan fingerprint density at radius 2 is 1.51 bits per heavy atom. The van der Waals surface area contributed by atoms with Gasteiger partial charge in [0.05, 0.1) is 11.7 Å². The molecule has 0 unspecified atom stereocenters. The van der Waals surface area contributed by atoms with Crippen molar-refractivity contribution < 1.29 is 37.9 Å². The number of urea groups is 1. The van der Waals surface area contributed by atoms with Gasteiger partial charge in [0.15, 0.2) is 5.82 Å². The number of nitrogens with zero attached hydrogens (tertiary/aromatic N) is 7. The van der Waals surface area contributed by atoms with Crippen LogP contribution in [0.15, 0.2) is 91.9 Å². The zero-order valence-electron chi connectivity index (χ0n) is 41.6. The molecule has 23 heteroatoms. The molecule has 6 rings (SSSR count). The van der Waals surface area contributed by atoms with Crippen LogP contribution in [-0.4, -0.2) is 102 Å². The molecule has 0 spiro atoms. The second kappa shape index (κ2) is 25.1. The van der Waals surface area contributed by atoms with Crippen LogP contribution in [0.4, 0.5) is 31.4 Å². The van der Waals surface area contributed by atoms with Gasteiger partial charge in [0, 0.05) is 92.6 Å². The van der Waals surface area contributed by atoms with E-state index in [1.807, 2.05) is 25.5 Å². The molecule has 0 aliphatic heterocycles. The first-order valence-electron chi connectivity index (χ1n) is 23.8. The first-order valence-corrected chi connectivity index (χ1v) is 23.8. The van der Waals surface area contributed by atoms with Crippen molar-refractivity contribution in [1.82, 2.24) is 55.6 Å². The molecule has 0 saturated heterocycles. The second-order valence-electron chi connectivity index (χ2n) is 18.1. The monoisotopic (exact) mass is 1000 g/mol. The maximum atomic E-state index is 14.1. The number of aryl methyl sites for hydroxylation is 1.